The maximum atomic E-state index is 11.9. The molecule has 8 nitrogen and oxygen atoms in total. The topological polar surface area (TPSA) is 115 Å². The van der Waals surface area contributed by atoms with Gasteiger partial charge in [0.05, 0.1) is 6.33 Å². The van der Waals surface area contributed by atoms with Gasteiger partial charge in [-0.05, 0) is 13.8 Å². The molecule has 0 aliphatic heterocycles. The lowest BCUT2D eigenvalue weighted by atomic mass is 10.1. The molecule has 0 aliphatic rings. The number of nitrogen functional groups attached to an aromatic ring is 1. The van der Waals surface area contributed by atoms with Crippen molar-refractivity contribution in [2.24, 2.45) is 5.92 Å². The fourth-order valence-electron chi connectivity index (χ4n) is 2.53. The van der Waals surface area contributed by atoms with E-state index in [1.165, 1.54) is 6.07 Å². The number of anilines is 1. The molecule has 2 aromatic rings. The molecule has 0 radical (unpaired) electrons. The van der Waals surface area contributed by atoms with Gasteiger partial charge in [-0.3, -0.25) is 4.79 Å². The molecule has 0 bridgehead atoms. The van der Waals surface area contributed by atoms with E-state index >= 15 is 0 Å². The van der Waals surface area contributed by atoms with Gasteiger partial charge < -0.3 is 29.9 Å². The average Bonchev–Trinajstić information content (AvgIpc) is 2.90. The molecule has 0 unspecified atom stereocenters. The number of hydrogen-bond donors (Lipinski definition) is 3. The number of rotatable bonds is 9. The van der Waals surface area contributed by atoms with Gasteiger partial charge in [-0.15, -0.1) is 0 Å². The number of nitrogens with zero attached hydrogens (tertiary/aromatic N) is 2. The van der Waals surface area contributed by atoms with Crippen LogP contribution < -0.4 is 11.2 Å². The molecule has 128 valence electrons. The second kappa shape index (κ2) is 8.09. The summed E-state index contributed by atoms with van der Waals surface area (Å²) in [5.41, 5.74) is 6.35. The summed E-state index contributed by atoms with van der Waals surface area (Å²) >= 11 is 0. The zero-order valence-corrected chi connectivity index (χ0v) is 13.5. The summed E-state index contributed by atoms with van der Waals surface area (Å²) in [5, 5.41) is 9.65. The van der Waals surface area contributed by atoms with Gasteiger partial charge in [-0.25, -0.2) is 4.98 Å². The molecule has 4 N–H and O–H groups in total. The number of aromatic nitrogens is 3. The largest absolute Gasteiger partial charge is 0.396 e. The summed E-state index contributed by atoms with van der Waals surface area (Å²) < 4.78 is 12.8. The fraction of sp³-hybridized carbons (Fsp3) is 0.600. The molecule has 0 amide bonds. The van der Waals surface area contributed by atoms with E-state index in [2.05, 4.69) is 9.97 Å². The lowest BCUT2D eigenvalue weighted by Gasteiger charge is -2.22. The number of pyridine rings is 1. The Morgan fingerprint density at radius 2 is 2.09 bits per heavy atom. The summed E-state index contributed by atoms with van der Waals surface area (Å²) in [5.74, 6) is 0.187. The first-order chi connectivity index (χ1) is 11.1. The van der Waals surface area contributed by atoms with Crippen LogP contribution in [0.1, 0.15) is 20.3 Å². The average molecular weight is 324 g/mol. The van der Waals surface area contributed by atoms with Gasteiger partial charge in [0.25, 0.3) is 0 Å². The number of nitrogens with one attached hydrogen (secondary N) is 1. The first-order valence-corrected chi connectivity index (χ1v) is 7.76. The van der Waals surface area contributed by atoms with E-state index in [0.717, 1.165) is 0 Å². The van der Waals surface area contributed by atoms with Crippen LogP contribution in [0.2, 0.25) is 0 Å². The molecule has 8 heteroatoms. The predicted octanol–water partition coefficient (Wildman–Crippen LogP) is 0.705. The van der Waals surface area contributed by atoms with Gasteiger partial charge in [0, 0.05) is 44.8 Å². The van der Waals surface area contributed by atoms with E-state index in [9.17, 15) is 9.90 Å². The Kier molecular flexibility index (Phi) is 6.14. The first kappa shape index (κ1) is 17.5. The smallest absolute Gasteiger partial charge is 0.211 e. The monoisotopic (exact) mass is 324 g/mol. The van der Waals surface area contributed by atoms with E-state index in [1.54, 1.807) is 10.9 Å². The molecule has 2 rings (SSSR count). The summed E-state index contributed by atoms with van der Waals surface area (Å²) in [7, 11) is 0. The SMILES string of the molecule is CCOC(C[C@@H](CO)Cn1cnc2c(=O)cc(N)[nH]c21)OCC. The highest BCUT2D eigenvalue weighted by atomic mass is 16.7. The maximum Gasteiger partial charge on any atom is 0.211 e. The predicted molar refractivity (Wildman–Crippen MR) is 87.0 cm³/mol. The normalized spacial score (nSPS) is 13.0. The quantitative estimate of drug-likeness (QED) is 0.585. The van der Waals surface area contributed by atoms with Crippen molar-refractivity contribution in [1.82, 2.24) is 14.5 Å². The lowest BCUT2D eigenvalue weighted by Crippen LogP contribution is -2.25. The second-order valence-corrected chi connectivity index (χ2v) is 5.31. The Hall–Kier alpha value is -1.90. The van der Waals surface area contributed by atoms with Gasteiger partial charge in [-0.2, -0.15) is 0 Å². The molecular formula is C15H24N4O4. The van der Waals surface area contributed by atoms with Crippen molar-refractivity contribution < 1.29 is 14.6 Å². The Morgan fingerprint density at radius 1 is 1.39 bits per heavy atom. The van der Waals surface area contributed by atoms with Crippen molar-refractivity contribution in [3.63, 3.8) is 0 Å². The number of aromatic amines is 1. The zero-order chi connectivity index (χ0) is 16.8. The van der Waals surface area contributed by atoms with Crippen LogP contribution in [0, 0.1) is 5.92 Å². The fourth-order valence-corrected chi connectivity index (χ4v) is 2.53. The molecule has 0 fully saturated rings. The Bertz CT molecular complexity index is 676. The second-order valence-electron chi connectivity index (χ2n) is 5.31. The highest BCUT2D eigenvalue weighted by Gasteiger charge is 2.18. The highest BCUT2D eigenvalue weighted by Crippen LogP contribution is 2.16. The molecule has 0 saturated carbocycles. The van der Waals surface area contributed by atoms with Gasteiger partial charge in [0.1, 0.15) is 11.5 Å². The van der Waals surface area contributed by atoms with Crippen molar-refractivity contribution in [3.05, 3.63) is 22.6 Å². The van der Waals surface area contributed by atoms with Crippen LogP contribution in [0.3, 0.4) is 0 Å². The van der Waals surface area contributed by atoms with Crippen LogP contribution in [-0.2, 0) is 16.0 Å². The van der Waals surface area contributed by atoms with E-state index in [0.29, 0.717) is 37.3 Å². The van der Waals surface area contributed by atoms with E-state index in [4.69, 9.17) is 15.2 Å². The van der Waals surface area contributed by atoms with Crippen LogP contribution in [0.25, 0.3) is 11.2 Å². The minimum atomic E-state index is -0.360. The molecule has 23 heavy (non-hydrogen) atoms. The highest BCUT2D eigenvalue weighted by molar-refractivity contribution is 5.72. The number of H-pyrrole nitrogens is 1. The van der Waals surface area contributed by atoms with Crippen molar-refractivity contribution >= 4 is 17.0 Å². The molecule has 0 spiro atoms. The van der Waals surface area contributed by atoms with Crippen molar-refractivity contribution in [1.29, 1.82) is 0 Å². The van der Waals surface area contributed by atoms with Gasteiger partial charge in [-0.1, -0.05) is 0 Å². The molecule has 2 heterocycles. The maximum absolute atomic E-state index is 11.9. The molecule has 2 aromatic heterocycles. The molecule has 1 atom stereocenters. The summed E-state index contributed by atoms with van der Waals surface area (Å²) in [6.45, 7) is 5.33. The van der Waals surface area contributed by atoms with Crippen LogP contribution in [-0.4, -0.2) is 45.8 Å². The van der Waals surface area contributed by atoms with E-state index in [-0.39, 0.29) is 30.1 Å². The van der Waals surface area contributed by atoms with Gasteiger partial charge >= 0.3 is 0 Å². The molecular weight excluding hydrogens is 300 g/mol. The Labute approximate surface area is 134 Å². The number of fused-ring (bicyclic) bond motifs is 1. The van der Waals surface area contributed by atoms with Crippen LogP contribution in [0.4, 0.5) is 5.82 Å². The zero-order valence-electron chi connectivity index (χ0n) is 13.5. The summed E-state index contributed by atoms with van der Waals surface area (Å²) in [6, 6.07) is 1.31. The van der Waals surface area contributed by atoms with Crippen LogP contribution in [0.15, 0.2) is 17.2 Å². The van der Waals surface area contributed by atoms with Crippen molar-refractivity contribution in [2.75, 3.05) is 25.6 Å². The number of nitrogens with two attached hydrogens (primary N) is 1. The Morgan fingerprint density at radius 3 is 2.70 bits per heavy atom. The lowest BCUT2D eigenvalue weighted by molar-refractivity contribution is -0.148. The number of hydrogen-bond acceptors (Lipinski definition) is 6. The van der Waals surface area contributed by atoms with Gasteiger partial charge in [0.2, 0.25) is 5.43 Å². The van der Waals surface area contributed by atoms with E-state index in [1.807, 2.05) is 13.8 Å². The van der Waals surface area contributed by atoms with Crippen LogP contribution in [0.5, 0.6) is 0 Å². The molecule has 0 saturated heterocycles. The Balaban J connectivity index is 2.17. The van der Waals surface area contributed by atoms with E-state index < -0.39 is 0 Å². The number of imidazole rings is 1. The van der Waals surface area contributed by atoms with Gasteiger partial charge in [0.15, 0.2) is 11.8 Å². The van der Waals surface area contributed by atoms with Crippen molar-refractivity contribution in [2.45, 2.75) is 33.1 Å². The first-order valence-electron chi connectivity index (χ1n) is 7.76. The third kappa shape index (κ3) is 4.31. The van der Waals surface area contributed by atoms with Crippen molar-refractivity contribution in [3.8, 4) is 0 Å². The van der Waals surface area contributed by atoms with Crippen LogP contribution >= 0.6 is 0 Å². The number of aliphatic hydroxyl groups is 1. The molecule has 0 aromatic carbocycles. The minimum absolute atomic E-state index is 0.0249. The third-order valence-electron chi connectivity index (χ3n) is 3.56. The molecule has 0 aliphatic carbocycles. The third-order valence-corrected chi connectivity index (χ3v) is 3.56. The standard InChI is InChI=1S/C15H24N4O4/c1-3-22-13(23-4-2)5-10(8-20)7-19-9-17-14-11(21)6-12(16)18-15(14)19/h6,9-10,13,20H,3-5,7-8H2,1-2H3,(H3,16,18,21)/t10-/m1/s1. The number of aliphatic hydroxyl groups excluding tert-OH is 1. The summed E-state index contributed by atoms with van der Waals surface area (Å²) in [6.07, 6.45) is 1.76. The minimum Gasteiger partial charge on any atom is -0.396 e. The summed E-state index contributed by atoms with van der Waals surface area (Å²) in [4.78, 5) is 18.9. The number of ether oxygens (including phenoxy) is 2.